The van der Waals surface area contributed by atoms with Gasteiger partial charge >= 0.3 is 6.09 Å². The molecule has 26 heavy (non-hydrogen) atoms. The SMILES string of the molecule is CC(C)Cc1ccc(C2=CC3CCCC(C2)N3C(=O)OC(C)(C)C)cc1. The second-order valence-electron chi connectivity index (χ2n) is 9.23. The lowest BCUT2D eigenvalue weighted by Crippen LogP contribution is -2.53. The van der Waals surface area contributed by atoms with Crippen LogP contribution >= 0.6 is 0 Å². The predicted molar refractivity (Wildman–Crippen MR) is 107 cm³/mol. The number of nitrogens with zero attached hydrogens (tertiary/aromatic N) is 1. The Morgan fingerprint density at radius 2 is 1.88 bits per heavy atom. The summed E-state index contributed by atoms with van der Waals surface area (Å²) in [6.45, 7) is 10.3. The fourth-order valence-electron chi connectivity index (χ4n) is 4.17. The Morgan fingerprint density at radius 3 is 2.46 bits per heavy atom. The van der Waals surface area contributed by atoms with Gasteiger partial charge in [0.15, 0.2) is 0 Å². The minimum Gasteiger partial charge on any atom is -0.444 e. The number of rotatable bonds is 3. The zero-order valence-corrected chi connectivity index (χ0v) is 16.9. The van der Waals surface area contributed by atoms with Crippen LogP contribution in [0.4, 0.5) is 4.79 Å². The number of benzene rings is 1. The third-order valence-electron chi connectivity index (χ3n) is 5.21. The van der Waals surface area contributed by atoms with Crippen LogP contribution in [0.3, 0.4) is 0 Å². The van der Waals surface area contributed by atoms with Crippen LogP contribution in [0.5, 0.6) is 0 Å². The number of hydrogen-bond acceptors (Lipinski definition) is 2. The van der Waals surface area contributed by atoms with Gasteiger partial charge in [0.05, 0.1) is 6.04 Å². The van der Waals surface area contributed by atoms with Gasteiger partial charge in [0, 0.05) is 6.04 Å². The van der Waals surface area contributed by atoms with Gasteiger partial charge in [-0.3, -0.25) is 4.90 Å². The van der Waals surface area contributed by atoms with Crippen molar-refractivity contribution in [2.24, 2.45) is 5.92 Å². The molecule has 3 heteroatoms. The van der Waals surface area contributed by atoms with Gasteiger partial charge < -0.3 is 4.74 Å². The molecule has 2 heterocycles. The molecule has 1 fully saturated rings. The lowest BCUT2D eigenvalue weighted by Gasteiger charge is -2.45. The first-order valence-electron chi connectivity index (χ1n) is 10.0. The Hall–Kier alpha value is -1.77. The van der Waals surface area contributed by atoms with Gasteiger partial charge in [-0.25, -0.2) is 4.79 Å². The van der Waals surface area contributed by atoms with E-state index in [-0.39, 0.29) is 18.2 Å². The van der Waals surface area contributed by atoms with E-state index in [1.807, 2.05) is 25.7 Å². The summed E-state index contributed by atoms with van der Waals surface area (Å²) in [4.78, 5) is 14.7. The van der Waals surface area contributed by atoms with E-state index in [1.54, 1.807) is 0 Å². The number of ether oxygens (including phenoxy) is 1. The molecule has 0 aliphatic carbocycles. The zero-order valence-electron chi connectivity index (χ0n) is 16.9. The van der Waals surface area contributed by atoms with E-state index in [0.29, 0.717) is 5.92 Å². The van der Waals surface area contributed by atoms with Crippen molar-refractivity contribution in [1.82, 2.24) is 4.90 Å². The minimum atomic E-state index is -0.443. The van der Waals surface area contributed by atoms with E-state index in [2.05, 4.69) is 44.2 Å². The smallest absolute Gasteiger partial charge is 0.411 e. The van der Waals surface area contributed by atoms with Crippen LogP contribution in [-0.4, -0.2) is 28.7 Å². The number of piperidine rings is 1. The third kappa shape index (κ3) is 4.49. The number of carbonyl (C=O) groups excluding carboxylic acids is 1. The molecule has 1 aromatic rings. The molecule has 3 nitrogen and oxygen atoms in total. The normalized spacial score (nSPS) is 23.0. The second-order valence-corrected chi connectivity index (χ2v) is 9.23. The molecule has 1 aromatic carbocycles. The molecule has 1 amide bonds. The van der Waals surface area contributed by atoms with Crippen LogP contribution < -0.4 is 0 Å². The quantitative estimate of drug-likeness (QED) is 0.682. The highest BCUT2D eigenvalue weighted by Gasteiger charge is 2.39. The molecule has 3 rings (SSSR count). The minimum absolute atomic E-state index is 0.158. The number of hydrogen-bond donors (Lipinski definition) is 0. The van der Waals surface area contributed by atoms with Crippen molar-refractivity contribution in [2.75, 3.05) is 0 Å². The first kappa shape index (κ1) is 19.0. The van der Waals surface area contributed by atoms with Gasteiger partial charge in [-0.15, -0.1) is 0 Å². The monoisotopic (exact) mass is 355 g/mol. The van der Waals surface area contributed by atoms with Crippen molar-refractivity contribution in [3.8, 4) is 0 Å². The average Bonchev–Trinajstić information content (AvgIpc) is 2.52. The molecule has 0 radical (unpaired) electrons. The molecule has 142 valence electrons. The van der Waals surface area contributed by atoms with Crippen LogP contribution in [0.25, 0.3) is 5.57 Å². The lowest BCUT2D eigenvalue weighted by molar-refractivity contribution is 0.0000857. The molecule has 2 unspecified atom stereocenters. The molecule has 0 aromatic heterocycles. The maximum Gasteiger partial charge on any atom is 0.411 e. The van der Waals surface area contributed by atoms with E-state index in [1.165, 1.54) is 23.1 Å². The van der Waals surface area contributed by atoms with Gasteiger partial charge in [0.25, 0.3) is 0 Å². The summed E-state index contributed by atoms with van der Waals surface area (Å²) in [5.74, 6) is 0.677. The first-order valence-corrected chi connectivity index (χ1v) is 10.0. The fraction of sp³-hybridized carbons (Fsp3) is 0.609. The Labute approximate surface area is 158 Å². The summed E-state index contributed by atoms with van der Waals surface area (Å²) in [6, 6.07) is 9.45. The van der Waals surface area contributed by atoms with Crippen LogP contribution in [-0.2, 0) is 11.2 Å². The Kier molecular flexibility index (Phi) is 5.45. The number of carbonyl (C=O) groups is 1. The van der Waals surface area contributed by atoms with Gasteiger partial charge in [-0.2, -0.15) is 0 Å². The molecule has 0 N–H and O–H groups in total. The average molecular weight is 356 g/mol. The highest BCUT2D eigenvalue weighted by Crippen LogP contribution is 2.38. The standard InChI is InChI=1S/C23H33NO2/c1-16(2)13-17-9-11-18(12-10-17)19-14-20-7-6-8-21(15-19)24(20)22(25)26-23(3,4)5/h9-12,14,16,20-21H,6-8,13,15H2,1-5H3. The molecular formula is C23H33NO2. The molecule has 1 saturated heterocycles. The van der Waals surface area contributed by atoms with E-state index in [9.17, 15) is 4.79 Å². The van der Waals surface area contributed by atoms with Crippen molar-refractivity contribution in [1.29, 1.82) is 0 Å². The highest BCUT2D eigenvalue weighted by molar-refractivity contribution is 5.74. The molecule has 2 aliphatic rings. The zero-order chi connectivity index (χ0) is 18.9. The molecule has 0 saturated carbocycles. The van der Waals surface area contributed by atoms with Gasteiger partial charge in [0.1, 0.15) is 5.60 Å². The molecule has 2 bridgehead atoms. The summed E-state index contributed by atoms with van der Waals surface area (Å²) < 4.78 is 5.66. The maximum absolute atomic E-state index is 12.7. The van der Waals surface area contributed by atoms with E-state index < -0.39 is 5.60 Å². The Morgan fingerprint density at radius 1 is 1.19 bits per heavy atom. The van der Waals surface area contributed by atoms with Crippen molar-refractivity contribution in [2.45, 2.75) is 84.4 Å². The van der Waals surface area contributed by atoms with Gasteiger partial charge in [-0.1, -0.05) is 44.2 Å². The van der Waals surface area contributed by atoms with Crippen molar-refractivity contribution >= 4 is 11.7 Å². The van der Waals surface area contributed by atoms with Crippen LogP contribution in [0, 0.1) is 5.92 Å². The number of fused-ring (bicyclic) bond motifs is 2. The second kappa shape index (κ2) is 7.46. The third-order valence-corrected chi connectivity index (χ3v) is 5.21. The Balaban J connectivity index is 1.78. The molecule has 0 spiro atoms. The van der Waals surface area contributed by atoms with Gasteiger partial charge in [0.2, 0.25) is 0 Å². The first-order chi connectivity index (χ1) is 12.2. The van der Waals surface area contributed by atoms with Crippen LogP contribution in [0.2, 0.25) is 0 Å². The van der Waals surface area contributed by atoms with E-state index in [0.717, 1.165) is 25.7 Å². The van der Waals surface area contributed by atoms with Crippen molar-refractivity contribution < 1.29 is 9.53 Å². The summed E-state index contributed by atoms with van der Waals surface area (Å²) >= 11 is 0. The Bertz CT molecular complexity index is 666. The highest BCUT2D eigenvalue weighted by atomic mass is 16.6. The predicted octanol–water partition coefficient (Wildman–Crippen LogP) is 5.83. The summed E-state index contributed by atoms with van der Waals surface area (Å²) in [5.41, 5.74) is 3.64. The summed E-state index contributed by atoms with van der Waals surface area (Å²) in [7, 11) is 0. The lowest BCUT2D eigenvalue weighted by atomic mass is 9.83. The van der Waals surface area contributed by atoms with Crippen molar-refractivity contribution in [3.63, 3.8) is 0 Å². The van der Waals surface area contributed by atoms with Gasteiger partial charge in [-0.05, 0) is 75.5 Å². The topological polar surface area (TPSA) is 29.5 Å². The summed E-state index contributed by atoms with van der Waals surface area (Å²) in [6.07, 6.45) is 7.48. The maximum atomic E-state index is 12.7. The van der Waals surface area contributed by atoms with Crippen LogP contribution in [0.15, 0.2) is 30.3 Å². The largest absolute Gasteiger partial charge is 0.444 e. The van der Waals surface area contributed by atoms with Crippen molar-refractivity contribution in [3.05, 3.63) is 41.5 Å². The molecular weight excluding hydrogens is 322 g/mol. The fourth-order valence-corrected chi connectivity index (χ4v) is 4.17. The number of amides is 1. The van der Waals surface area contributed by atoms with Crippen LogP contribution in [0.1, 0.15) is 71.4 Å². The van der Waals surface area contributed by atoms with E-state index >= 15 is 0 Å². The molecule has 2 atom stereocenters. The van der Waals surface area contributed by atoms with E-state index in [4.69, 9.17) is 4.74 Å². The summed E-state index contributed by atoms with van der Waals surface area (Å²) in [5, 5.41) is 0. The molecule has 2 aliphatic heterocycles.